The molecular weight excluding hydrogens is 250 g/mol. The summed E-state index contributed by atoms with van der Waals surface area (Å²) in [6.07, 6.45) is 5.09. The van der Waals surface area contributed by atoms with Gasteiger partial charge in [-0.15, -0.1) is 0 Å². The number of benzene rings is 1. The monoisotopic (exact) mass is 277 g/mol. The van der Waals surface area contributed by atoms with Crippen molar-refractivity contribution in [1.29, 1.82) is 0 Å². The van der Waals surface area contributed by atoms with Gasteiger partial charge in [0.25, 0.3) is 0 Å². The molecule has 0 bridgehead atoms. The first-order valence-corrected chi connectivity index (χ1v) is 7.87. The predicted octanol–water partition coefficient (Wildman–Crippen LogP) is 3.70. The van der Waals surface area contributed by atoms with Crippen molar-refractivity contribution in [3.8, 4) is 5.75 Å². The average molecular weight is 277 g/mol. The first kappa shape index (κ1) is 15.3. The summed E-state index contributed by atoms with van der Waals surface area (Å²) >= 11 is 0. The Morgan fingerprint density at radius 1 is 1.45 bits per heavy atom. The molecule has 1 aliphatic rings. The summed E-state index contributed by atoms with van der Waals surface area (Å²) in [4.78, 5) is 0. The summed E-state index contributed by atoms with van der Waals surface area (Å²) in [6.45, 7) is 7.00. The average Bonchev–Trinajstić information content (AvgIpc) is 2.97. The van der Waals surface area contributed by atoms with E-state index < -0.39 is 0 Å². The summed E-state index contributed by atoms with van der Waals surface area (Å²) in [5.41, 5.74) is 1.28. The van der Waals surface area contributed by atoms with Gasteiger partial charge in [0, 0.05) is 12.6 Å². The quantitative estimate of drug-likeness (QED) is 0.735. The highest BCUT2D eigenvalue weighted by Gasteiger charge is 2.14. The maximum absolute atomic E-state index is 5.85. The fourth-order valence-electron chi connectivity index (χ4n) is 2.67. The van der Waals surface area contributed by atoms with Gasteiger partial charge >= 0.3 is 0 Å². The molecule has 0 aromatic heterocycles. The van der Waals surface area contributed by atoms with Crippen molar-refractivity contribution >= 4 is 0 Å². The number of rotatable bonds is 8. The van der Waals surface area contributed by atoms with Gasteiger partial charge in [-0.3, -0.25) is 0 Å². The minimum Gasteiger partial charge on any atom is -0.494 e. The summed E-state index contributed by atoms with van der Waals surface area (Å²) < 4.78 is 11.5. The Labute approximate surface area is 122 Å². The largest absolute Gasteiger partial charge is 0.494 e. The van der Waals surface area contributed by atoms with Crippen molar-refractivity contribution in [3.05, 3.63) is 29.8 Å². The summed E-state index contributed by atoms with van der Waals surface area (Å²) in [5, 5.41) is 3.42. The molecule has 0 radical (unpaired) electrons. The lowest BCUT2D eigenvalue weighted by Crippen LogP contribution is -2.17. The summed E-state index contributed by atoms with van der Waals surface area (Å²) in [5.74, 6) is 0.972. The third kappa shape index (κ3) is 4.80. The normalized spacial score (nSPS) is 20.0. The van der Waals surface area contributed by atoms with E-state index >= 15 is 0 Å². The second-order valence-corrected chi connectivity index (χ2v) is 5.48. The van der Waals surface area contributed by atoms with E-state index in [4.69, 9.17) is 9.47 Å². The van der Waals surface area contributed by atoms with Crippen LogP contribution in [0.15, 0.2) is 24.3 Å². The van der Waals surface area contributed by atoms with Gasteiger partial charge in [-0.1, -0.05) is 19.1 Å². The Morgan fingerprint density at radius 3 is 3.10 bits per heavy atom. The molecule has 0 spiro atoms. The molecule has 0 amide bonds. The second-order valence-electron chi connectivity index (χ2n) is 5.48. The highest BCUT2D eigenvalue weighted by Crippen LogP contribution is 2.20. The molecule has 20 heavy (non-hydrogen) atoms. The van der Waals surface area contributed by atoms with E-state index in [1.54, 1.807) is 0 Å². The first-order valence-electron chi connectivity index (χ1n) is 7.87. The standard InChI is InChI=1S/C17H27NO2/c1-3-18-14(2)15-7-4-8-17(13-15)20-12-6-10-16-9-5-11-19-16/h4,7-8,13-14,16,18H,3,5-6,9-12H2,1-2H3. The maximum Gasteiger partial charge on any atom is 0.119 e. The van der Waals surface area contributed by atoms with Gasteiger partial charge in [0.1, 0.15) is 5.75 Å². The van der Waals surface area contributed by atoms with Crippen LogP contribution >= 0.6 is 0 Å². The summed E-state index contributed by atoms with van der Waals surface area (Å²) in [6, 6.07) is 8.76. The lowest BCUT2D eigenvalue weighted by atomic mass is 10.1. The molecular formula is C17H27NO2. The van der Waals surface area contributed by atoms with Crippen LogP contribution in [0.3, 0.4) is 0 Å². The fraction of sp³-hybridized carbons (Fsp3) is 0.647. The minimum absolute atomic E-state index is 0.371. The Balaban J connectivity index is 1.73. The van der Waals surface area contributed by atoms with Crippen LogP contribution in [0.1, 0.15) is 51.1 Å². The Hall–Kier alpha value is -1.06. The van der Waals surface area contributed by atoms with E-state index in [0.717, 1.165) is 38.3 Å². The minimum atomic E-state index is 0.371. The lowest BCUT2D eigenvalue weighted by Gasteiger charge is -2.14. The second kappa shape index (κ2) is 8.28. The first-order chi connectivity index (χ1) is 9.79. The van der Waals surface area contributed by atoms with Crippen LogP contribution in [0.25, 0.3) is 0 Å². The number of hydrogen-bond acceptors (Lipinski definition) is 3. The zero-order chi connectivity index (χ0) is 14.2. The molecule has 2 unspecified atom stereocenters. The van der Waals surface area contributed by atoms with Gasteiger partial charge in [0.2, 0.25) is 0 Å². The van der Waals surface area contributed by atoms with Crippen LogP contribution in [-0.4, -0.2) is 25.9 Å². The van der Waals surface area contributed by atoms with E-state index in [2.05, 4.69) is 37.4 Å². The molecule has 0 saturated carbocycles. The molecule has 1 aromatic carbocycles. The lowest BCUT2D eigenvalue weighted by molar-refractivity contribution is 0.0981. The molecule has 1 aliphatic heterocycles. The van der Waals surface area contributed by atoms with Crippen molar-refractivity contribution in [3.63, 3.8) is 0 Å². The molecule has 1 N–H and O–H groups in total. The molecule has 1 heterocycles. The van der Waals surface area contributed by atoms with Gasteiger partial charge in [0.05, 0.1) is 12.7 Å². The number of nitrogens with one attached hydrogen (secondary N) is 1. The zero-order valence-electron chi connectivity index (χ0n) is 12.7. The molecule has 0 aliphatic carbocycles. The Morgan fingerprint density at radius 2 is 2.35 bits per heavy atom. The fourth-order valence-corrected chi connectivity index (χ4v) is 2.67. The number of hydrogen-bond donors (Lipinski definition) is 1. The van der Waals surface area contributed by atoms with Crippen LogP contribution in [0.2, 0.25) is 0 Å². The SMILES string of the molecule is CCNC(C)c1cccc(OCCCC2CCCO2)c1. The van der Waals surface area contributed by atoms with Gasteiger partial charge in [-0.2, -0.15) is 0 Å². The van der Waals surface area contributed by atoms with Crippen molar-refractivity contribution < 1.29 is 9.47 Å². The van der Waals surface area contributed by atoms with Crippen molar-refractivity contribution in [2.45, 2.75) is 51.7 Å². The molecule has 3 heteroatoms. The van der Waals surface area contributed by atoms with Crippen LogP contribution in [0.5, 0.6) is 5.75 Å². The van der Waals surface area contributed by atoms with Gasteiger partial charge in [-0.05, 0) is 56.8 Å². The van der Waals surface area contributed by atoms with E-state index in [1.165, 1.54) is 18.4 Å². The predicted molar refractivity (Wildman–Crippen MR) is 82.2 cm³/mol. The van der Waals surface area contributed by atoms with E-state index in [9.17, 15) is 0 Å². The van der Waals surface area contributed by atoms with Gasteiger partial charge in [-0.25, -0.2) is 0 Å². The third-order valence-electron chi connectivity index (χ3n) is 3.83. The van der Waals surface area contributed by atoms with Crippen LogP contribution in [0.4, 0.5) is 0 Å². The van der Waals surface area contributed by atoms with Crippen molar-refractivity contribution in [1.82, 2.24) is 5.32 Å². The van der Waals surface area contributed by atoms with Crippen LogP contribution in [0, 0.1) is 0 Å². The van der Waals surface area contributed by atoms with E-state index in [0.29, 0.717) is 12.1 Å². The van der Waals surface area contributed by atoms with Crippen molar-refractivity contribution in [2.24, 2.45) is 0 Å². The molecule has 1 aromatic rings. The molecule has 112 valence electrons. The molecule has 3 nitrogen and oxygen atoms in total. The van der Waals surface area contributed by atoms with Gasteiger partial charge < -0.3 is 14.8 Å². The Bertz CT molecular complexity index is 388. The topological polar surface area (TPSA) is 30.5 Å². The van der Waals surface area contributed by atoms with E-state index in [-0.39, 0.29) is 0 Å². The van der Waals surface area contributed by atoms with Crippen molar-refractivity contribution in [2.75, 3.05) is 19.8 Å². The zero-order valence-corrected chi connectivity index (χ0v) is 12.7. The summed E-state index contributed by atoms with van der Waals surface area (Å²) in [7, 11) is 0. The highest BCUT2D eigenvalue weighted by molar-refractivity contribution is 5.30. The smallest absolute Gasteiger partial charge is 0.119 e. The molecule has 2 rings (SSSR count). The third-order valence-corrected chi connectivity index (χ3v) is 3.83. The molecule has 1 fully saturated rings. The number of ether oxygens (including phenoxy) is 2. The van der Waals surface area contributed by atoms with Gasteiger partial charge in [0.15, 0.2) is 0 Å². The highest BCUT2D eigenvalue weighted by atomic mass is 16.5. The molecule has 2 atom stereocenters. The Kier molecular flexibility index (Phi) is 6.34. The van der Waals surface area contributed by atoms with Crippen LogP contribution < -0.4 is 10.1 Å². The maximum atomic E-state index is 5.85. The van der Waals surface area contributed by atoms with E-state index in [1.807, 2.05) is 6.07 Å². The molecule has 1 saturated heterocycles. The van der Waals surface area contributed by atoms with Crippen LogP contribution in [-0.2, 0) is 4.74 Å².